The van der Waals surface area contributed by atoms with Gasteiger partial charge >= 0.3 is 17.9 Å². The van der Waals surface area contributed by atoms with E-state index in [4.69, 9.17) is 15.3 Å². The molecule has 3 aromatic rings. The minimum atomic E-state index is -0.922. The van der Waals surface area contributed by atoms with Gasteiger partial charge in [0.25, 0.3) is 0 Å². The number of hydrogen-bond acceptors (Lipinski definition) is 3. The van der Waals surface area contributed by atoms with Crippen molar-refractivity contribution in [3.8, 4) is 0 Å². The molecule has 7 heteroatoms. The molecular weight excluding hydrogens is 571 g/mol. The van der Waals surface area contributed by atoms with Crippen LogP contribution in [0.25, 0.3) is 18.2 Å². The van der Waals surface area contributed by atoms with Gasteiger partial charge in [0.2, 0.25) is 0 Å². The first kappa shape index (κ1) is 30.6. The average Bonchev–Trinajstić information content (AvgIpc) is 2.83. The molecule has 0 aliphatic rings. The number of hydrogen-bond donors (Lipinski definition) is 3. The Labute approximate surface area is 230 Å². The summed E-state index contributed by atoms with van der Waals surface area (Å²) in [6.07, 6.45) is 8.03. The maximum absolute atomic E-state index is 10.1. The summed E-state index contributed by atoms with van der Waals surface area (Å²) in [4.78, 5) is 30.3. The molecule has 0 bridgehead atoms. The van der Waals surface area contributed by atoms with Crippen LogP contribution >= 0.6 is 0 Å². The van der Waals surface area contributed by atoms with Crippen LogP contribution in [0, 0.1) is 40.4 Å². The standard InChI is InChI=1S/3C9H8O2.Sm/c3*10-9(11)7-6-8-4-2-1-3-5-8;/h3*1-7H,(H,10,11);. The quantitative estimate of drug-likeness (QED) is 0.332. The molecule has 3 aromatic carbocycles. The van der Waals surface area contributed by atoms with Gasteiger partial charge in [0.1, 0.15) is 0 Å². The molecule has 6 nitrogen and oxygen atoms in total. The van der Waals surface area contributed by atoms with Crippen molar-refractivity contribution >= 4 is 36.1 Å². The predicted molar refractivity (Wildman–Crippen MR) is 129 cm³/mol. The summed E-state index contributed by atoms with van der Waals surface area (Å²) in [6.45, 7) is 0. The van der Waals surface area contributed by atoms with E-state index in [1.165, 1.54) is 0 Å². The second kappa shape index (κ2) is 19.1. The average molecular weight is 595 g/mol. The number of carboxylic acid groups (broad SMARTS) is 3. The van der Waals surface area contributed by atoms with Crippen LogP contribution < -0.4 is 0 Å². The zero-order valence-corrected chi connectivity index (χ0v) is 20.7. The molecule has 0 fully saturated rings. The van der Waals surface area contributed by atoms with Gasteiger partial charge in [-0.05, 0) is 34.9 Å². The molecule has 0 heterocycles. The van der Waals surface area contributed by atoms with Crippen LogP contribution in [0.5, 0.6) is 0 Å². The zero-order chi connectivity index (χ0) is 24.3. The normalized spacial score (nSPS) is 9.88. The Bertz CT molecular complexity index is 934. The van der Waals surface area contributed by atoms with Crippen LogP contribution in [-0.4, -0.2) is 33.2 Å². The van der Waals surface area contributed by atoms with E-state index in [-0.39, 0.29) is 40.4 Å². The largest absolute Gasteiger partial charge is 0.478 e. The molecule has 34 heavy (non-hydrogen) atoms. The van der Waals surface area contributed by atoms with Crippen LogP contribution in [0.4, 0.5) is 0 Å². The summed E-state index contributed by atoms with van der Waals surface area (Å²) in [5, 5.41) is 24.9. The molecule has 0 atom stereocenters. The molecule has 0 unspecified atom stereocenters. The summed E-state index contributed by atoms with van der Waals surface area (Å²) in [6, 6.07) is 27.9. The summed E-state index contributed by atoms with van der Waals surface area (Å²) in [7, 11) is 0. The van der Waals surface area contributed by atoms with E-state index in [2.05, 4.69) is 0 Å². The molecule has 0 radical (unpaired) electrons. The van der Waals surface area contributed by atoms with Crippen molar-refractivity contribution in [3.05, 3.63) is 126 Å². The van der Waals surface area contributed by atoms with Crippen LogP contribution in [0.3, 0.4) is 0 Å². The molecule has 0 spiro atoms. The number of benzene rings is 3. The maximum atomic E-state index is 10.1. The molecule has 3 N–H and O–H groups in total. The van der Waals surface area contributed by atoms with Gasteiger partial charge in [-0.15, -0.1) is 0 Å². The first-order chi connectivity index (χ1) is 15.9. The van der Waals surface area contributed by atoms with Crippen molar-refractivity contribution in [2.45, 2.75) is 0 Å². The van der Waals surface area contributed by atoms with Crippen molar-refractivity contribution in [3.63, 3.8) is 0 Å². The minimum Gasteiger partial charge on any atom is -0.478 e. The van der Waals surface area contributed by atoms with Crippen molar-refractivity contribution in [1.29, 1.82) is 0 Å². The maximum Gasteiger partial charge on any atom is 0.328 e. The Balaban J connectivity index is 0.000000473. The topological polar surface area (TPSA) is 112 Å². The summed E-state index contributed by atoms with van der Waals surface area (Å²) in [5.74, 6) is -2.77. The van der Waals surface area contributed by atoms with Crippen molar-refractivity contribution in [1.82, 2.24) is 0 Å². The van der Waals surface area contributed by atoms with Gasteiger partial charge in [-0.25, -0.2) is 14.4 Å². The van der Waals surface area contributed by atoms with Gasteiger partial charge in [-0.3, -0.25) is 0 Å². The monoisotopic (exact) mass is 596 g/mol. The van der Waals surface area contributed by atoms with E-state index in [1.807, 2.05) is 91.0 Å². The molecule has 174 valence electrons. The Morgan fingerprint density at radius 2 is 0.647 bits per heavy atom. The van der Waals surface area contributed by atoms with Gasteiger partial charge < -0.3 is 15.3 Å². The van der Waals surface area contributed by atoms with Crippen LogP contribution in [0.1, 0.15) is 16.7 Å². The zero-order valence-electron chi connectivity index (χ0n) is 18.1. The number of carbonyl (C=O) groups is 3. The molecule has 0 saturated heterocycles. The van der Waals surface area contributed by atoms with Gasteiger partial charge in [-0.2, -0.15) is 0 Å². The molecular formula is C27H24O6Sm. The molecule has 0 aliphatic carbocycles. The van der Waals surface area contributed by atoms with Gasteiger partial charge in [0, 0.05) is 58.6 Å². The minimum absolute atomic E-state index is 0. The van der Waals surface area contributed by atoms with Crippen molar-refractivity contribution in [2.24, 2.45) is 0 Å². The predicted octanol–water partition coefficient (Wildman–Crippen LogP) is 5.35. The fourth-order valence-corrected chi connectivity index (χ4v) is 2.19. The molecule has 3 rings (SSSR count). The SMILES string of the molecule is O=C(O)C=Cc1ccccc1.O=C(O)C=Cc1ccccc1.O=C(O)C=Cc1ccccc1.[Sm]. The van der Waals surface area contributed by atoms with Gasteiger partial charge in [-0.1, -0.05) is 91.0 Å². The third-order valence-electron chi connectivity index (χ3n) is 3.65. The van der Waals surface area contributed by atoms with E-state index in [1.54, 1.807) is 18.2 Å². The van der Waals surface area contributed by atoms with E-state index in [9.17, 15) is 14.4 Å². The van der Waals surface area contributed by atoms with Crippen molar-refractivity contribution < 1.29 is 70.1 Å². The fourth-order valence-electron chi connectivity index (χ4n) is 2.19. The van der Waals surface area contributed by atoms with Gasteiger partial charge in [0.05, 0.1) is 0 Å². The second-order valence-corrected chi connectivity index (χ2v) is 6.25. The van der Waals surface area contributed by atoms with E-state index in [0.29, 0.717) is 0 Å². The number of rotatable bonds is 6. The third-order valence-corrected chi connectivity index (χ3v) is 3.65. The Morgan fingerprint density at radius 1 is 0.441 bits per heavy atom. The smallest absolute Gasteiger partial charge is 0.328 e. The molecule has 0 aliphatic heterocycles. The molecule has 0 aromatic heterocycles. The van der Waals surface area contributed by atoms with E-state index >= 15 is 0 Å². The van der Waals surface area contributed by atoms with Crippen LogP contribution in [0.15, 0.2) is 109 Å². The molecule has 0 saturated carbocycles. The number of aliphatic carboxylic acids is 3. The van der Waals surface area contributed by atoms with Crippen LogP contribution in [-0.2, 0) is 14.4 Å². The van der Waals surface area contributed by atoms with E-state index in [0.717, 1.165) is 34.9 Å². The van der Waals surface area contributed by atoms with Crippen molar-refractivity contribution in [2.75, 3.05) is 0 Å². The number of carboxylic acids is 3. The summed E-state index contributed by atoms with van der Waals surface area (Å²) < 4.78 is 0. The Kier molecular flexibility index (Phi) is 17.2. The Hall–Kier alpha value is -3.37. The summed E-state index contributed by atoms with van der Waals surface area (Å²) in [5.41, 5.74) is 2.69. The van der Waals surface area contributed by atoms with E-state index < -0.39 is 17.9 Å². The first-order valence-electron chi connectivity index (χ1n) is 9.75. The Morgan fingerprint density at radius 3 is 0.824 bits per heavy atom. The van der Waals surface area contributed by atoms with Crippen LogP contribution in [0.2, 0.25) is 0 Å². The summed E-state index contributed by atoms with van der Waals surface area (Å²) >= 11 is 0. The first-order valence-corrected chi connectivity index (χ1v) is 9.75. The fraction of sp³-hybridized carbons (Fsp3) is 0. The molecule has 0 amide bonds. The second-order valence-electron chi connectivity index (χ2n) is 6.25. The third kappa shape index (κ3) is 17.2. The van der Waals surface area contributed by atoms with Gasteiger partial charge in [0.15, 0.2) is 0 Å².